The van der Waals surface area contributed by atoms with Crippen molar-refractivity contribution in [1.29, 1.82) is 0 Å². The predicted molar refractivity (Wildman–Crippen MR) is 81.5 cm³/mol. The van der Waals surface area contributed by atoms with Gasteiger partial charge in [-0.05, 0) is 30.3 Å². The summed E-state index contributed by atoms with van der Waals surface area (Å²) in [5, 5.41) is 11.4. The molecule has 22 heavy (non-hydrogen) atoms. The highest BCUT2D eigenvalue weighted by Crippen LogP contribution is 2.22. The summed E-state index contributed by atoms with van der Waals surface area (Å²) in [6, 6.07) is 11.6. The molecule has 114 valence electrons. The van der Waals surface area contributed by atoms with Crippen LogP contribution in [-0.4, -0.2) is 20.9 Å². The fourth-order valence-corrected chi connectivity index (χ4v) is 2.81. The molecular formula is C14H10ClNO5S. The molecule has 0 N–H and O–H groups in total. The summed E-state index contributed by atoms with van der Waals surface area (Å²) >= 11 is 5.71. The summed E-state index contributed by atoms with van der Waals surface area (Å²) in [5.74, 6) is -0.971. The van der Waals surface area contributed by atoms with Crippen LogP contribution in [0.1, 0.15) is 0 Å². The van der Waals surface area contributed by atoms with Crippen LogP contribution in [0.25, 0.3) is 0 Å². The summed E-state index contributed by atoms with van der Waals surface area (Å²) in [6.45, 7) is 0. The van der Waals surface area contributed by atoms with E-state index in [4.69, 9.17) is 16.3 Å². The smallest absolute Gasteiger partial charge is 0.324 e. The van der Waals surface area contributed by atoms with Gasteiger partial charge in [-0.2, -0.15) is 0 Å². The van der Waals surface area contributed by atoms with E-state index in [1.807, 2.05) is 0 Å². The Morgan fingerprint density at radius 3 is 2.45 bits per heavy atom. The first-order chi connectivity index (χ1) is 10.5. The van der Waals surface area contributed by atoms with Crippen LogP contribution < -0.4 is 4.74 Å². The Morgan fingerprint density at radius 2 is 1.82 bits per heavy atom. The van der Waals surface area contributed by atoms with Crippen molar-refractivity contribution in [3.8, 4) is 5.75 Å². The number of halogens is 1. The van der Waals surface area contributed by atoms with E-state index in [-0.39, 0.29) is 16.3 Å². The number of nitro groups is 1. The van der Waals surface area contributed by atoms with Gasteiger partial charge in [0.1, 0.15) is 16.4 Å². The average molecular weight is 340 g/mol. The molecule has 1 unspecified atom stereocenters. The summed E-state index contributed by atoms with van der Waals surface area (Å²) in [5.41, 5.74) is -0.292. The number of carbonyl (C=O) groups is 1. The molecule has 0 amide bonds. The normalized spacial score (nSPS) is 11.7. The van der Waals surface area contributed by atoms with Crippen molar-refractivity contribution < 1.29 is 18.7 Å². The van der Waals surface area contributed by atoms with Crippen molar-refractivity contribution in [1.82, 2.24) is 0 Å². The maximum Gasteiger partial charge on any atom is 0.324 e. The third-order valence-electron chi connectivity index (χ3n) is 2.60. The fourth-order valence-electron chi connectivity index (χ4n) is 1.65. The highest BCUT2D eigenvalue weighted by atomic mass is 35.5. The standard InChI is InChI=1S/C14H10ClNO5S/c15-10-5-7-11(8-6-10)21-14(17)9-22(20)13-4-2-1-3-12(13)16(18)19/h1-8H,9H2. The molecule has 0 aliphatic heterocycles. The number of ether oxygens (including phenoxy) is 1. The van der Waals surface area contributed by atoms with E-state index in [2.05, 4.69) is 0 Å². The molecule has 0 heterocycles. The van der Waals surface area contributed by atoms with Gasteiger partial charge in [-0.25, -0.2) is 0 Å². The molecule has 0 saturated carbocycles. The zero-order valence-electron chi connectivity index (χ0n) is 11.1. The molecule has 1 atom stereocenters. The Hall–Kier alpha value is -2.25. The van der Waals surface area contributed by atoms with Crippen molar-refractivity contribution in [3.63, 3.8) is 0 Å². The fraction of sp³-hybridized carbons (Fsp3) is 0.0714. The van der Waals surface area contributed by atoms with Gasteiger partial charge in [0.05, 0.1) is 15.7 Å². The first-order valence-electron chi connectivity index (χ1n) is 6.05. The molecular weight excluding hydrogens is 330 g/mol. The minimum atomic E-state index is -1.87. The molecule has 0 spiro atoms. The number of hydrogen-bond acceptors (Lipinski definition) is 5. The van der Waals surface area contributed by atoms with Crippen LogP contribution in [0.15, 0.2) is 53.4 Å². The molecule has 0 aliphatic carbocycles. The molecule has 2 aromatic carbocycles. The Labute approximate surface area is 133 Å². The Bertz CT molecular complexity index is 732. The zero-order chi connectivity index (χ0) is 16.1. The van der Waals surface area contributed by atoms with Gasteiger partial charge in [-0.3, -0.25) is 19.1 Å². The minimum Gasteiger partial charge on any atom is -0.426 e. The summed E-state index contributed by atoms with van der Waals surface area (Å²) in [4.78, 5) is 22.0. The van der Waals surface area contributed by atoms with Crippen molar-refractivity contribution in [2.45, 2.75) is 4.90 Å². The lowest BCUT2D eigenvalue weighted by molar-refractivity contribution is -0.387. The van der Waals surface area contributed by atoms with Gasteiger partial charge in [-0.1, -0.05) is 23.7 Å². The summed E-state index contributed by atoms with van der Waals surface area (Å²) in [6.07, 6.45) is 0. The Kier molecular flexibility index (Phi) is 5.24. The third kappa shape index (κ3) is 4.12. The number of nitro benzene ring substituents is 1. The van der Waals surface area contributed by atoms with Crippen molar-refractivity contribution in [2.75, 3.05) is 5.75 Å². The van der Waals surface area contributed by atoms with Crippen LogP contribution in [0.4, 0.5) is 5.69 Å². The molecule has 0 radical (unpaired) electrons. The molecule has 0 aliphatic rings. The van der Waals surface area contributed by atoms with Crippen LogP contribution in [0.5, 0.6) is 5.75 Å². The lowest BCUT2D eigenvalue weighted by Gasteiger charge is -2.05. The second-order valence-electron chi connectivity index (χ2n) is 4.14. The zero-order valence-corrected chi connectivity index (χ0v) is 12.7. The topological polar surface area (TPSA) is 86.5 Å². The van der Waals surface area contributed by atoms with Crippen molar-refractivity contribution in [2.24, 2.45) is 0 Å². The van der Waals surface area contributed by atoms with Crippen molar-refractivity contribution in [3.05, 3.63) is 63.7 Å². The lowest BCUT2D eigenvalue weighted by Crippen LogP contribution is -2.17. The van der Waals surface area contributed by atoms with E-state index >= 15 is 0 Å². The van der Waals surface area contributed by atoms with E-state index in [9.17, 15) is 19.1 Å². The number of rotatable bonds is 5. The molecule has 2 aromatic rings. The highest BCUT2D eigenvalue weighted by Gasteiger charge is 2.21. The first-order valence-corrected chi connectivity index (χ1v) is 7.75. The second-order valence-corrected chi connectivity index (χ2v) is 6.00. The third-order valence-corrected chi connectivity index (χ3v) is 4.19. The van der Waals surface area contributed by atoms with Crippen molar-refractivity contribution >= 4 is 34.1 Å². The first kappa shape index (κ1) is 16.1. The molecule has 0 bridgehead atoms. The van der Waals surface area contributed by atoms with E-state index in [1.165, 1.54) is 36.4 Å². The molecule has 6 nitrogen and oxygen atoms in total. The van der Waals surface area contributed by atoms with Crippen LogP contribution in [0.3, 0.4) is 0 Å². The predicted octanol–water partition coefficient (Wildman–Crippen LogP) is 2.96. The average Bonchev–Trinajstić information content (AvgIpc) is 2.49. The van der Waals surface area contributed by atoms with Gasteiger partial charge in [0, 0.05) is 11.1 Å². The molecule has 0 saturated heterocycles. The van der Waals surface area contributed by atoms with E-state index in [0.717, 1.165) is 0 Å². The minimum absolute atomic E-state index is 0.0134. The Morgan fingerprint density at radius 1 is 1.18 bits per heavy atom. The quantitative estimate of drug-likeness (QED) is 0.362. The number of para-hydroxylation sites is 1. The molecule has 0 aromatic heterocycles. The van der Waals surface area contributed by atoms with Gasteiger partial charge in [0.15, 0.2) is 0 Å². The van der Waals surface area contributed by atoms with Crippen LogP contribution in [-0.2, 0) is 15.6 Å². The monoisotopic (exact) mass is 339 g/mol. The lowest BCUT2D eigenvalue weighted by atomic mass is 10.3. The number of esters is 1. The van der Waals surface area contributed by atoms with Gasteiger partial charge >= 0.3 is 5.97 Å². The van der Waals surface area contributed by atoms with Crippen LogP contribution in [0, 0.1) is 10.1 Å². The maximum atomic E-state index is 12.1. The van der Waals surface area contributed by atoms with Crippen LogP contribution in [0.2, 0.25) is 5.02 Å². The van der Waals surface area contributed by atoms with E-state index < -0.39 is 27.4 Å². The molecule has 0 fully saturated rings. The van der Waals surface area contributed by atoms with Gasteiger partial charge in [0.25, 0.3) is 5.69 Å². The number of nitrogens with zero attached hydrogens (tertiary/aromatic N) is 1. The number of carbonyl (C=O) groups excluding carboxylic acids is 1. The van der Waals surface area contributed by atoms with E-state index in [1.54, 1.807) is 12.1 Å². The number of hydrogen-bond donors (Lipinski definition) is 0. The second kappa shape index (κ2) is 7.15. The SMILES string of the molecule is O=C(CS(=O)c1ccccc1[N+](=O)[O-])Oc1ccc(Cl)cc1. The van der Waals surface area contributed by atoms with Crippen LogP contribution >= 0.6 is 11.6 Å². The van der Waals surface area contributed by atoms with Gasteiger partial charge in [0.2, 0.25) is 0 Å². The summed E-state index contributed by atoms with van der Waals surface area (Å²) in [7, 11) is -1.87. The maximum absolute atomic E-state index is 12.1. The largest absolute Gasteiger partial charge is 0.426 e. The van der Waals surface area contributed by atoms with Gasteiger partial charge < -0.3 is 4.74 Å². The number of benzene rings is 2. The van der Waals surface area contributed by atoms with E-state index in [0.29, 0.717) is 5.02 Å². The Balaban J connectivity index is 2.07. The highest BCUT2D eigenvalue weighted by molar-refractivity contribution is 7.85. The van der Waals surface area contributed by atoms with Gasteiger partial charge in [-0.15, -0.1) is 0 Å². The summed E-state index contributed by atoms with van der Waals surface area (Å²) < 4.78 is 17.1. The molecule has 2 rings (SSSR count). The molecule has 8 heteroatoms.